The lowest BCUT2D eigenvalue weighted by Gasteiger charge is -2.33. The van der Waals surface area contributed by atoms with Crippen LogP contribution in [-0.2, 0) is 12.8 Å². The van der Waals surface area contributed by atoms with Gasteiger partial charge in [0, 0.05) is 11.1 Å². The van der Waals surface area contributed by atoms with Gasteiger partial charge < -0.3 is 9.47 Å². The van der Waals surface area contributed by atoms with Crippen molar-refractivity contribution in [2.45, 2.75) is 47.0 Å². The summed E-state index contributed by atoms with van der Waals surface area (Å²) in [7, 11) is 0. The average molecular weight is 513 g/mol. The fourth-order valence-corrected chi connectivity index (χ4v) is 5.46. The van der Waals surface area contributed by atoms with E-state index in [-0.39, 0.29) is 22.3 Å². The second kappa shape index (κ2) is 10.3. The van der Waals surface area contributed by atoms with Crippen molar-refractivity contribution in [3.8, 4) is 23.4 Å². The van der Waals surface area contributed by atoms with Crippen LogP contribution in [-0.4, -0.2) is 22.8 Å². The monoisotopic (exact) mass is 512 g/mol. The van der Waals surface area contributed by atoms with E-state index in [1.165, 1.54) is 4.88 Å². The SMILES string of the molecule is CCOc1cc(C=Nc2sc3c(c2C#N)CC[C@@H](C(C)(C)C)C3)ccc1Oc1nc(Cl)ncc1F. The van der Waals surface area contributed by atoms with Gasteiger partial charge in [0.05, 0.1) is 18.4 Å². The number of aliphatic imine (C=N–C) groups is 1. The van der Waals surface area contributed by atoms with Crippen molar-refractivity contribution in [3.63, 3.8) is 0 Å². The van der Waals surface area contributed by atoms with Crippen LogP contribution in [0.25, 0.3) is 0 Å². The highest BCUT2D eigenvalue weighted by Crippen LogP contribution is 2.45. The molecular weight excluding hydrogens is 487 g/mol. The van der Waals surface area contributed by atoms with Gasteiger partial charge in [0.1, 0.15) is 11.1 Å². The molecule has 0 saturated carbocycles. The molecule has 0 bridgehead atoms. The summed E-state index contributed by atoms with van der Waals surface area (Å²) in [6.45, 7) is 9.05. The second-order valence-corrected chi connectivity index (χ2v) is 10.8. The molecule has 0 radical (unpaired) electrons. The zero-order valence-corrected chi connectivity index (χ0v) is 21.6. The average Bonchev–Trinajstić information content (AvgIpc) is 3.17. The third kappa shape index (κ3) is 5.63. The van der Waals surface area contributed by atoms with Crippen LogP contribution in [0, 0.1) is 28.5 Å². The van der Waals surface area contributed by atoms with Crippen LogP contribution in [0.5, 0.6) is 17.4 Å². The Morgan fingerprint density at radius 2 is 2.14 bits per heavy atom. The van der Waals surface area contributed by atoms with Crippen molar-refractivity contribution >= 4 is 34.2 Å². The standard InChI is InChI=1S/C26H26ClFN4O2S/c1-5-33-21-10-15(6-9-20(21)34-23-19(28)14-31-25(27)32-23)13-30-24-18(12-29)17-8-7-16(26(2,3)4)11-22(17)35-24/h6,9-10,13-14,16H,5,7-8,11H2,1-4H3/t16-/m1/s1. The summed E-state index contributed by atoms with van der Waals surface area (Å²) in [6, 6.07) is 7.54. The molecule has 0 unspecified atom stereocenters. The van der Waals surface area contributed by atoms with E-state index >= 15 is 0 Å². The Labute approximate surface area is 213 Å². The maximum Gasteiger partial charge on any atom is 0.260 e. The zero-order chi connectivity index (χ0) is 25.2. The zero-order valence-electron chi connectivity index (χ0n) is 20.1. The van der Waals surface area contributed by atoms with E-state index in [2.05, 4.69) is 41.8 Å². The fraction of sp³-hybridized carbons (Fsp3) is 0.385. The van der Waals surface area contributed by atoms with Gasteiger partial charge in [-0.2, -0.15) is 14.6 Å². The minimum absolute atomic E-state index is 0.121. The normalized spacial score (nSPS) is 15.6. The highest BCUT2D eigenvalue weighted by molar-refractivity contribution is 7.16. The Hall–Kier alpha value is -3.02. The first kappa shape index (κ1) is 25.1. The third-order valence-corrected chi connectivity index (χ3v) is 7.42. The number of benzene rings is 1. The number of hydrogen-bond acceptors (Lipinski definition) is 7. The summed E-state index contributed by atoms with van der Waals surface area (Å²) in [5.74, 6) is 0.262. The summed E-state index contributed by atoms with van der Waals surface area (Å²) >= 11 is 7.36. The number of fused-ring (bicyclic) bond motifs is 1. The fourth-order valence-electron chi connectivity index (χ4n) is 4.11. The number of nitrogens with zero attached hydrogens (tertiary/aromatic N) is 4. The van der Waals surface area contributed by atoms with Gasteiger partial charge in [-0.05, 0) is 78.4 Å². The minimum atomic E-state index is -0.734. The lowest BCUT2D eigenvalue weighted by Crippen LogP contribution is -2.26. The Bertz CT molecular complexity index is 1310. The van der Waals surface area contributed by atoms with Crippen LogP contribution in [0.1, 0.15) is 55.7 Å². The number of hydrogen-bond donors (Lipinski definition) is 0. The van der Waals surface area contributed by atoms with Crippen LogP contribution in [0.2, 0.25) is 5.28 Å². The topological polar surface area (TPSA) is 80.4 Å². The molecule has 182 valence electrons. The van der Waals surface area contributed by atoms with Gasteiger partial charge in [-0.15, -0.1) is 11.3 Å². The van der Waals surface area contributed by atoms with Crippen LogP contribution in [0.15, 0.2) is 29.4 Å². The van der Waals surface area contributed by atoms with E-state index in [0.717, 1.165) is 41.6 Å². The first-order valence-electron chi connectivity index (χ1n) is 11.4. The molecule has 0 spiro atoms. The molecule has 6 nitrogen and oxygen atoms in total. The highest BCUT2D eigenvalue weighted by atomic mass is 35.5. The summed E-state index contributed by atoms with van der Waals surface area (Å²) in [5, 5.41) is 10.4. The van der Waals surface area contributed by atoms with Crippen LogP contribution in [0.3, 0.4) is 0 Å². The predicted molar refractivity (Wildman–Crippen MR) is 136 cm³/mol. The largest absolute Gasteiger partial charge is 0.490 e. The summed E-state index contributed by atoms with van der Waals surface area (Å²) in [4.78, 5) is 13.3. The first-order valence-corrected chi connectivity index (χ1v) is 12.6. The molecule has 0 N–H and O–H groups in total. The van der Waals surface area contributed by atoms with Gasteiger partial charge in [-0.3, -0.25) is 0 Å². The Morgan fingerprint density at radius 1 is 1.34 bits per heavy atom. The Morgan fingerprint density at radius 3 is 2.86 bits per heavy atom. The quantitative estimate of drug-likeness (QED) is 0.256. The van der Waals surface area contributed by atoms with Crippen molar-refractivity contribution in [2.24, 2.45) is 16.3 Å². The van der Waals surface area contributed by atoms with Crippen LogP contribution < -0.4 is 9.47 Å². The van der Waals surface area contributed by atoms with Crippen LogP contribution >= 0.6 is 22.9 Å². The molecule has 2 heterocycles. The number of thiophene rings is 1. The first-order chi connectivity index (χ1) is 16.7. The van der Waals surface area contributed by atoms with Crippen molar-refractivity contribution in [1.82, 2.24) is 9.97 Å². The second-order valence-electron chi connectivity index (χ2n) is 9.39. The maximum atomic E-state index is 14.0. The van der Waals surface area contributed by atoms with Crippen LogP contribution in [0.4, 0.5) is 9.39 Å². The number of halogens is 2. The molecule has 1 aliphatic carbocycles. The molecule has 1 aliphatic rings. The molecule has 3 aromatic rings. The molecule has 1 atom stereocenters. The molecule has 0 fully saturated rings. The van der Waals surface area contributed by atoms with Gasteiger partial charge >= 0.3 is 0 Å². The molecule has 2 aromatic heterocycles. The van der Waals surface area contributed by atoms with Crippen molar-refractivity contribution in [2.75, 3.05) is 6.61 Å². The highest BCUT2D eigenvalue weighted by Gasteiger charge is 2.32. The van der Waals surface area contributed by atoms with E-state index < -0.39 is 5.82 Å². The van der Waals surface area contributed by atoms with Gasteiger partial charge in [-0.25, -0.2) is 9.98 Å². The van der Waals surface area contributed by atoms with Gasteiger partial charge in [0.15, 0.2) is 11.5 Å². The molecule has 9 heteroatoms. The Balaban J connectivity index is 1.60. The lowest BCUT2D eigenvalue weighted by molar-refractivity contribution is 0.218. The molecule has 0 aliphatic heterocycles. The number of nitriles is 1. The maximum absolute atomic E-state index is 14.0. The van der Waals surface area contributed by atoms with E-state index in [4.69, 9.17) is 21.1 Å². The Kier molecular flexibility index (Phi) is 7.39. The van der Waals surface area contributed by atoms with E-state index in [1.54, 1.807) is 35.8 Å². The molecule has 1 aromatic carbocycles. The minimum Gasteiger partial charge on any atom is -0.490 e. The summed E-state index contributed by atoms with van der Waals surface area (Å²) in [5.41, 5.74) is 2.81. The van der Waals surface area contributed by atoms with Gasteiger partial charge in [0.25, 0.3) is 5.88 Å². The molecule has 35 heavy (non-hydrogen) atoms. The third-order valence-electron chi connectivity index (χ3n) is 6.07. The molecule has 4 rings (SSSR count). The molecule has 0 amide bonds. The predicted octanol–water partition coefficient (Wildman–Crippen LogP) is 7.29. The van der Waals surface area contributed by atoms with Crippen molar-refractivity contribution in [3.05, 3.63) is 57.1 Å². The molecule has 0 saturated heterocycles. The summed E-state index contributed by atoms with van der Waals surface area (Å²) in [6.07, 6.45) is 5.63. The lowest BCUT2D eigenvalue weighted by atomic mass is 9.72. The van der Waals surface area contributed by atoms with E-state index in [9.17, 15) is 9.65 Å². The van der Waals surface area contributed by atoms with Gasteiger partial charge in [0.2, 0.25) is 11.1 Å². The summed E-state index contributed by atoms with van der Waals surface area (Å²) < 4.78 is 25.3. The molecular formula is C26H26ClFN4O2S. The van der Waals surface area contributed by atoms with Crippen molar-refractivity contribution in [1.29, 1.82) is 5.26 Å². The van der Waals surface area contributed by atoms with E-state index in [1.807, 2.05) is 6.92 Å². The van der Waals surface area contributed by atoms with Crippen molar-refractivity contribution < 1.29 is 13.9 Å². The number of ether oxygens (including phenoxy) is 2. The number of rotatable bonds is 6. The smallest absolute Gasteiger partial charge is 0.260 e. The van der Waals surface area contributed by atoms with E-state index in [0.29, 0.717) is 23.8 Å². The number of aromatic nitrogens is 2. The van der Waals surface area contributed by atoms with Gasteiger partial charge in [-0.1, -0.05) is 20.8 Å².